The first-order chi connectivity index (χ1) is 16.1. The van der Waals surface area contributed by atoms with Gasteiger partial charge in [0.2, 0.25) is 0 Å². The van der Waals surface area contributed by atoms with E-state index in [-0.39, 0.29) is 11.3 Å². The first-order valence-electron chi connectivity index (χ1n) is 11.4. The molecule has 0 atom stereocenters. The van der Waals surface area contributed by atoms with E-state index in [4.69, 9.17) is 4.98 Å². The zero-order valence-electron chi connectivity index (χ0n) is 18.6. The maximum Gasteiger partial charge on any atom is 0.263 e. The third kappa shape index (κ3) is 4.29. The standard InChI is InChI=1S/C28H26N2O2S/c1-2-3-10-21-15-22-25-27(33-26(22)23(31)16-21)29-24(17-19-11-6-4-7-12-19)30(28(25)32)18-20-13-8-5-9-14-20/h4-9,11-16,31H,2-3,10,17-18H2,1H3. The van der Waals surface area contributed by atoms with E-state index >= 15 is 0 Å². The van der Waals surface area contributed by atoms with Crippen molar-refractivity contribution in [1.29, 1.82) is 0 Å². The molecule has 0 fully saturated rings. The zero-order valence-corrected chi connectivity index (χ0v) is 19.4. The fourth-order valence-electron chi connectivity index (χ4n) is 4.31. The number of aromatic hydroxyl groups is 1. The molecule has 0 amide bonds. The van der Waals surface area contributed by atoms with Gasteiger partial charge in [0.15, 0.2) is 0 Å². The third-order valence-electron chi connectivity index (χ3n) is 6.02. The molecule has 2 heterocycles. The van der Waals surface area contributed by atoms with Gasteiger partial charge in [0, 0.05) is 11.8 Å². The first kappa shape index (κ1) is 21.4. The van der Waals surface area contributed by atoms with Crippen LogP contribution in [0.25, 0.3) is 20.3 Å². The van der Waals surface area contributed by atoms with Gasteiger partial charge in [-0.05, 0) is 41.7 Å². The molecule has 1 N–H and O–H groups in total. The molecule has 3 aromatic carbocycles. The van der Waals surface area contributed by atoms with Gasteiger partial charge in [-0.1, -0.05) is 74.0 Å². The first-order valence-corrected chi connectivity index (χ1v) is 12.2. The summed E-state index contributed by atoms with van der Waals surface area (Å²) in [5.41, 5.74) is 3.18. The van der Waals surface area contributed by atoms with Gasteiger partial charge in [-0.2, -0.15) is 0 Å². The molecule has 0 aliphatic carbocycles. The molecule has 0 saturated carbocycles. The number of unbranched alkanes of at least 4 members (excludes halogenated alkanes) is 1. The Bertz CT molecular complexity index is 1470. The van der Waals surface area contributed by atoms with E-state index in [1.807, 2.05) is 54.6 Å². The lowest BCUT2D eigenvalue weighted by molar-refractivity contribution is 0.481. The summed E-state index contributed by atoms with van der Waals surface area (Å²) in [5, 5.41) is 12.1. The smallest absolute Gasteiger partial charge is 0.263 e. The topological polar surface area (TPSA) is 55.1 Å². The van der Waals surface area contributed by atoms with E-state index in [1.54, 1.807) is 4.57 Å². The Morgan fingerprint density at radius 3 is 2.33 bits per heavy atom. The van der Waals surface area contributed by atoms with Crippen molar-refractivity contribution in [3.05, 3.63) is 106 Å². The predicted octanol–water partition coefficient (Wildman–Crippen LogP) is 6.30. The van der Waals surface area contributed by atoms with Crippen molar-refractivity contribution in [2.24, 2.45) is 0 Å². The Morgan fingerprint density at radius 1 is 0.939 bits per heavy atom. The maximum absolute atomic E-state index is 13.9. The van der Waals surface area contributed by atoms with Crippen LogP contribution < -0.4 is 5.56 Å². The van der Waals surface area contributed by atoms with Crippen LogP contribution in [0.4, 0.5) is 0 Å². The van der Waals surface area contributed by atoms with Crippen LogP contribution >= 0.6 is 11.3 Å². The number of phenolic OH excluding ortho intramolecular Hbond substituents is 1. The Balaban J connectivity index is 1.73. The van der Waals surface area contributed by atoms with Crippen molar-refractivity contribution >= 4 is 31.6 Å². The van der Waals surface area contributed by atoms with Gasteiger partial charge in [0.1, 0.15) is 16.4 Å². The molecule has 0 radical (unpaired) electrons. The number of phenols is 1. The monoisotopic (exact) mass is 454 g/mol. The number of hydrogen-bond acceptors (Lipinski definition) is 4. The van der Waals surface area contributed by atoms with E-state index < -0.39 is 0 Å². The van der Waals surface area contributed by atoms with Crippen LogP contribution in [0.2, 0.25) is 0 Å². The molecule has 33 heavy (non-hydrogen) atoms. The minimum absolute atomic E-state index is 0.0481. The number of nitrogens with zero attached hydrogens (tertiary/aromatic N) is 2. The van der Waals surface area contributed by atoms with Gasteiger partial charge in [-0.15, -0.1) is 11.3 Å². The summed E-state index contributed by atoms with van der Waals surface area (Å²) < 4.78 is 2.53. The highest BCUT2D eigenvalue weighted by molar-refractivity contribution is 7.25. The second-order valence-electron chi connectivity index (χ2n) is 8.44. The number of benzene rings is 3. The molecule has 4 nitrogen and oxygen atoms in total. The van der Waals surface area contributed by atoms with Crippen molar-refractivity contribution in [1.82, 2.24) is 9.55 Å². The van der Waals surface area contributed by atoms with Crippen LogP contribution in [0.5, 0.6) is 5.75 Å². The summed E-state index contributed by atoms with van der Waals surface area (Å²) in [6.45, 7) is 2.61. The van der Waals surface area contributed by atoms with Crippen molar-refractivity contribution in [3.63, 3.8) is 0 Å². The van der Waals surface area contributed by atoms with Crippen molar-refractivity contribution in [2.45, 2.75) is 39.2 Å². The van der Waals surface area contributed by atoms with E-state index in [0.717, 1.165) is 51.9 Å². The lowest BCUT2D eigenvalue weighted by Gasteiger charge is -2.13. The van der Waals surface area contributed by atoms with Gasteiger partial charge >= 0.3 is 0 Å². The fourth-order valence-corrected chi connectivity index (χ4v) is 5.39. The molecule has 0 aliphatic heterocycles. The molecule has 166 valence electrons. The molecule has 0 spiro atoms. The second-order valence-corrected chi connectivity index (χ2v) is 9.44. The largest absolute Gasteiger partial charge is 0.506 e. The third-order valence-corrected chi connectivity index (χ3v) is 7.14. The summed E-state index contributed by atoms with van der Waals surface area (Å²) in [7, 11) is 0. The van der Waals surface area contributed by atoms with Crippen LogP contribution in [0.3, 0.4) is 0 Å². The summed E-state index contributed by atoms with van der Waals surface area (Å²) >= 11 is 1.40. The van der Waals surface area contributed by atoms with Crippen molar-refractivity contribution in [3.8, 4) is 5.75 Å². The van der Waals surface area contributed by atoms with Crippen LogP contribution in [0, 0.1) is 0 Å². The molecular weight excluding hydrogens is 428 g/mol. The summed E-state index contributed by atoms with van der Waals surface area (Å²) in [6.07, 6.45) is 3.58. The number of thiophene rings is 1. The molecular formula is C28H26N2O2S. The quantitative estimate of drug-likeness (QED) is 0.314. The van der Waals surface area contributed by atoms with Crippen LogP contribution in [-0.4, -0.2) is 14.7 Å². The SMILES string of the molecule is CCCCc1cc(O)c2sc3nc(Cc4ccccc4)n(Cc4ccccc4)c(=O)c3c2c1. The number of fused-ring (bicyclic) bond motifs is 3. The predicted molar refractivity (Wildman–Crippen MR) is 136 cm³/mol. The normalized spacial score (nSPS) is 11.4. The Morgan fingerprint density at radius 2 is 1.64 bits per heavy atom. The van der Waals surface area contributed by atoms with E-state index in [0.29, 0.717) is 23.2 Å². The van der Waals surface area contributed by atoms with Crippen LogP contribution in [0.1, 0.15) is 42.3 Å². The molecule has 2 aromatic heterocycles. The number of aryl methyl sites for hydroxylation is 1. The van der Waals surface area contributed by atoms with E-state index in [9.17, 15) is 9.90 Å². The molecule has 5 rings (SSSR count). The van der Waals surface area contributed by atoms with Crippen molar-refractivity contribution < 1.29 is 5.11 Å². The maximum atomic E-state index is 13.9. The molecule has 5 heteroatoms. The minimum atomic E-state index is -0.0481. The lowest BCUT2D eigenvalue weighted by atomic mass is 10.0. The molecule has 0 bridgehead atoms. The zero-order chi connectivity index (χ0) is 22.8. The molecule has 0 aliphatic rings. The number of hydrogen-bond donors (Lipinski definition) is 1. The lowest BCUT2D eigenvalue weighted by Crippen LogP contribution is -2.25. The average molecular weight is 455 g/mol. The molecule has 5 aromatic rings. The highest BCUT2D eigenvalue weighted by Gasteiger charge is 2.19. The van der Waals surface area contributed by atoms with Crippen LogP contribution in [0.15, 0.2) is 77.6 Å². The van der Waals surface area contributed by atoms with E-state index in [2.05, 4.69) is 25.1 Å². The van der Waals surface area contributed by atoms with Crippen LogP contribution in [-0.2, 0) is 19.4 Å². The van der Waals surface area contributed by atoms with E-state index in [1.165, 1.54) is 11.3 Å². The summed E-state index contributed by atoms with van der Waals surface area (Å²) in [5.74, 6) is 0.972. The average Bonchev–Trinajstić information content (AvgIpc) is 3.20. The molecule has 0 unspecified atom stereocenters. The van der Waals surface area contributed by atoms with Gasteiger partial charge in [-0.3, -0.25) is 9.36 Å². The van der Waals surface area contributed by atoms with Gasteiger partial charge in [0.25, 0.3) is 5.56 Å². The summed E-state index contributed by atoms with van der Waals surface area (Å²) in [4.78, 5) is 19.6. The highest BCUT2D eigenvalue weighted by atomic mass is 32.1. The Hall–Kier alpha value is -3.44. The van der Waals surface area contributed by atoms with Gasteiger partial charge < -0.3 is 5.11 Å². The Labute approximate surface area is 196 Å². The van der Waals surface area contributed by atoms with Crippen molar-refractivity contribution in [2.75, 3.05) is 0 Å². The molecule has 0 saturated heterocycles. The summed E-state index contributed by atoms with van der Waals surface area (Å²) in [6, 6.07) is 24.0. The van der Waals surface area contributed by atoms with Gasteiger partial charge in [-0.25, -0.2) is 4.98 Å². The number of rotatable bonds is 7. The Kier molecular flexibility index (Phi) is 5.97. The van der Waals surface area contributed by atoms with Gasteiger partial charge in [0.05, 0.1) is 16.6 Å². The minimum Gasteiger partial charge on any atom is -0.506 e. The highest BCUT2D eigenvalue weighted by Crippen LogP contribution is 2.38. The second kappa shape index (κ2) is 9.20. The number of aromatic nitrogens is 2. The fraction of sp³-hybridized carbons (Fsp3) is 0.214.